The Morgan fingerprint density at radius 1 is 1.16 bits per heavy atom. The standard InChI is InChI=1S/C27H31BFN5O4/c1-16(2)34(26(35)19-7-5-17(3)6-8-19)23-13-22(29)24(12-20(23)27(36)37-4)38-25-21(28)11-18(14-30-25)15-33-31-9-10-32-33/h9-14,16-17,19H,5-8,15H2,1-4H3. The van der Waals surface area contributed by atoms with Gasteiger partial charge >= 0.3 is 5.97 Å². The minimum absolute atomic E-state index is 0.00933. The molecule has 1 fully saturated rings. The van der Waals surface area contributed by atoms with Gasteiger partial charge in [-0.3, -0.25) is 4.79 Å². The first-order chi connectivity index (χ1) is 18.2. The van der Waals surface area contributed by atoms with E-state index in [1.54, 1.807) is 18.5 Å². The fourth-order valence-electron chi connectivity index (χ4n) is 4.73. The lowest BCUT2D eigenvalue weighted by atomic mass is 9.82. The van der Waals surface area contributed by atoms with E-state index in [0.29, 0.717) is 12.5 Å². The van der Waals surface area contributed by atoms with Gasteiger partial charge in [-0.25, -0.2) is 14.2 Å². The van der Waals surface area contributed by atoms with Gasteiger partial charge in [0.2, 0.25) is 11.8 Å². The summed E-state index contributed by atoms with van der Waals surface area (Å²) in [5, 5.41) is 8.08. The third-order valence-electron chi connectivity index (χ3n) is 6.77. The molecule has 2 aromatic heterocycles. The van der Waals surface area contributed by atoms with Crippen molar-refractivity contribution < 1.29 is 23.5 Å². The van der Waals surface area contributed by atoms with Crippen LogP contribution in [0.2, 0.25) is 0 Å². The Hall–Kier alpha value is -3.76. The summed E-state index contributed by atoms with van der Waals surface area (Å²) < 4.78 is 26.1. The number of halogens is 1. The molecular weight excluding hydrogens is 488 g/mol. The highest BCUT2D eigenvalue weighted by Crippen LogP contribution is 2.36. The van der Waals surface area contributed by atoms with Gasteiger partial charge in [-0.1, -0.05) is 13.0 Å². The van der Waals surface area contributed by atoms with Crippen LogP contribution in [0.1, 0.15) is 62.4 Å². The topological polar surface area (TPSA) is 99.4 Å². The highest BCUT2D eigenvalue weighted by atomic mass is 19.1. The van der Waals surface area contributed by atoms with Crippen molar-refractivity contribution in [2.75, 3.05) is 12.0 Å². The number of hydrogen-bond acceptors (Lipinski definition) is 7. The molecule has 9 nitrogen and oxygen atoms in total. The molecule has 0 atom stereocenters. The van der Waals surface area contributed by atoms with E-state index in [9.17, 15) is 9.59 Å². The highest BCUT2D eigenvalue weighted by Gasteiger charge is 2.33. The van der Waals surface area contributed by atoms with E-state index in [1.807, 2.05) is 13.8 Å². The van der Waals surface area contributed by atoms with Crippen molar-refractivity contribution in [3.05, 3.63) is 53.7 Å². The SMILES string of the molecule is [B]c1cc(Cn2nccn2)cnc1Oc1cc(C(=O)OC)c(N(C(=O)C2CCC(C)CC2)C(C)C)cc1F. The zero-order chi connectivity index (χ0) is 27.4. The third kappa shape index (κ3) is 6.03. The average molecular weight is 519 g/mol. The number of carbonyl (C=O) groups is 2. The van der Waals surface area contributed by atoms with Crippen molar-refractivity contribution in [2.24, 2.45) is 11.8 Å². The van der Waals surface area contributed by atoms with Gasteiger partial charge in [-0.05, 0) is 56.5 Å². The Labute approximate surface area is 222 Å². The molecule has 0 N–H and O–H groups in total. The van der Waals surface area contributed by atoms with Crippen LogP contribution in [0.15, 0.2) is 36.8 Å². The van der Waals surface area contributed by atoms with Gasteiger partial charge in [-0.15, -0.1) is 0 Å². The zero-order valence-electron chi connectivity index (χ0n) is 22.1. The van der Waals surface area contributed by atoms with Gasteiger partial charge < -0.3 is 14.4 Å². The van der Waals surface area contributed by atoms with Gasteiger partial charge in [0.15, 0.2) is 11.6 Å². The first kappa shape index (κ1) is 27.3. The van der Waals surface area contributed by atoms with Gasteiger partial charge in [0.1, 0.15) is 7.85 Å². The summed E-state index contributed by atoms with van der Waals surface area (Å²) in [6.07, 6.45) is 8.08. The summed E-state index contributed by atoms with van der Waals surface area (Å²) in [6, 6.07) is 3.68. The van der Waals surface area contributed by atoms with Crippen molar-refractivity contribution in [3.63, 3.8) is 0 Å². The van der Waals surface area contributed by atoms with Gasteiger partial charge in [0.05, 0.1) is 37.3 Å². The Balaban J connectivity index is 1.65. The Bertz CT molecular complexity index is 1290. The molecule has 3 aromatic rings. The van der Waals surface area contributed by atoms with Crippen molar-refractivity contribution in [3.8, 4) is 11.6 Å². The maximum Gasteiger partial charge on any atom is 0.340 e. The maximum atomic E-state index is 15.4. The first-order valence-electron chi connectivity index (χ1n) is 12.7. The lowest BCUT2D eigenvalue weighted by molar-refractivity contribution is -0.123. The molecule has 198 valence electrons. The monoisotopic (exact) mass is 519 g/mol. The van der Waals surface area contributed by atoms with Gasteiger partial charge in [0, 0.05) is 30.3 Å². The molecule has 1 aromatic carbocycles. The fraction of sp³-hybridized carbons (Fsp3) is 0.444. The molecule has 0 spiro atoms. The van der Waals surface area contributed by atoms with Gasteiger partial charge in [0.25, 0.3) is 0 Å². The molecule has 0 bridgehead atoms. The van der Waals surface area contributed by atoms with Crippen LogP contribution in [0.4, 0.5) is 10.1 Å². The van der Waals surface area contributed by atoms with E-state index in [2.05, 4.69) is 22.1 Å². The number of methoxy groups -OCH3 is 1. The molecule has 1 saturated carbocycles. The summed E-state index contributed by atoms with van der Waals surface area (Å²) in [4.78, 5) is 33.5. The van der Waals surface area contributed by atoms with Crippen LogP contribution in [-0.4, -0.2) is 52.9 Å². The lowest BCUT2D eigenvalue weighted by Gasteiger charge is -2.34. The number of esters is 1. The second-order valence-electron chi connectivity index (χ2n) is 9.95. The number of amides is 1. The molecule has 1 amide bonds. The summed E-state index contributed by atoms with van der Waals surface area (Å²) >= 11 is 0. The third-order valence-corrected chi connectivity index (χ3v) is 6.77. The number of anilines is 1. The van der Waals surface area contributed by atoms with E-state index in [-0.39, 0.29) is 46.2 Å². The number of nitrogens with zero attached hydrogens (tertiary/aromatic N) is 5. The van der Waals surface area contributed by atoms with E-state index in [4.69, 9.17) is 17.3 Å². The first-order valence-corrected chi connectivity index (χ1v) is 12.7. The van der Waals surface area contributed by atoms with E-state index in [0.717, 1.165) is 37.3 Å². The quantitative estimate of drug-likeness (QED) is 0.330. The fourth-order valence-corrected chi connectivity index (χ4v) is 4.73. The molecule has 2 radical (unpaired) electrons. The molecule has 0 aliphatic heterocycles. The van der Waals surface area contributed by atoms with Crippen LogP contribution >= 0.6 is 0 Å². The van der Waals surface area contributed by atoms with Crippen molar-refractivity contribution >= 4 is 30.9 Å². The van der Waals surface area contributed by atoms with Gasteiger partial charge in [-0.2, -0.15) is 15.0 Å². The Kier molecular flexibility index (Phi) is 8.43. The van der Waals surface area contributed by atoms with Crippen LogP contribution in [0.5, 0.6) is 11.6 Å². The highest BCUT2D eigenvalue weighted by molar-refractivity contribution is 6.34. The number of ether oxygens (including phenoxy) is 2. The van der Waals surface area contributed by atoms with Crippen molar-refractivity contribution in [1.29, 1.82) is 0 Å². The summed E-state index contributed by atoms with van der Waals surface area (Å²) in [5.74, 6) is -1.52. The van der Waals surface area contributed by atoms with Crippen LogP contribution in [-0.2, 0) is 16.1 Å². The number of rotatable bonds is 8. The number of pyridine rings is 1. The van der Waals surface area contributed by atoms with Crippen molar-refractivity contribution in [2.45, 2.75) is 59.0 Å². The molecule has 11 heteroatoms. The van der Waals surface area contributed by atoms with Crippen LogP contribution in [0.25, 0.3) is 0 Å². The molecule has 4 rings (SSSR count). The molecule has 2 heterocycles. The summed E-state index contributed by atoms with van der Waals surface area (Å²) in [7, 11) is 7.35. The molecule has 1 aliphatic rings. The predicted octanol–water partition coefficient (Wildman–Crippen LogP) is 3.80. The van der Waals surface area contributed by atoms with Crippen LogP contribution in [0, 0.1) is 17.7 Å². The Morgan fingerprint density at radius 3 is 2.45 bits per heavy atom. The second kappa shape index (κ2) is 11.7. The van der Waals surface area contributed by atoms with Crippen LogP contribution in [0.3, 0.4) is 0 Å². The second-order valence-corrected chi connectivity index (χ2v) is 9.95. The average Bonchev–Trinajstić information content (AvgIpc) is 3.39. The van der Waals surface area contributed by atoms with Crippen molar-refractivity contribution in [1.82, 2.24) is 20.0 Å². The maximum absolute atomic E-state index is 15.4. The molecule has 0 unspecified atom stereocenters. The normalized spacial score (nSPS) is 17.3. The summed E-state index contributed by atoms with van der Waals surface area (Å²) in [5.41, 5.74) is 1.04. The molecular formula is C27H31BFN5O4. The molecule has 38 heavy (non-hydrogen) atoms. The minimum Gasteiger partial charge on any atom is -0.465 e. The number of hydrogen-bond donors (Lipinski definition) is 0. The smallest absolute Gasteiger partial charge is 0.340 e. The largest absolute Gasteiger partial charge is 0.465 e. The Morgan fingerprint density at radius 2 is 1.84 bits per heavy atom. The lowest BCUT2D eigenvalue weighted by Crippen LogP contribution is -2.43. The molecule has 1 aliphatic carbocycles. The number of aromatic nitrogens is 4. The summed E-state index contributed by atoms with van der Waals surface area (Å²) in [6.45, 7) is 6.19. The van der Waals surface area contributed by atoms with E-state index < -0.39 is 11.8 Å². The number of carbonyl (C=O) groups excluding carboxylic acids is 2. The van der Waals surface area contributed by atoms with E-state index >= 15 is 4.39 Å². The molecule has 0 saturated heterocycles. The van der Waals surface area contributed by atoms with E-state index in [1.165, 1.54) is 29.1 Å². The van der Waals surface area contributed by atoms with Crippen LogP contribution < -0.4 is 15.1 Å². The predicted molar refractivity (Wildman–Crippen MR) is 140 cm³/mol. The zero-order valence-corrected chi connectivity index (χ0v) is 22.1. The number of benzene rings is 1. The minimum atomic E-state index is -0.769.